The molecule has 2 saturated heterocycles. The fourth-order valence-corrected chi connectivity index (χ4v) is 5.25. The fourth-order valence-electron chi connectivity index (χ4n) is 4.56. The second kappa shape index (κ2) is 9.41. The topological polar surface area (TPSA) is 68.7 Å². The van der Waals surface area contributed by atoms with Crippen molar-refractivity contribution < 1.29 is 14.3 Å². The molecule has 3 aromatic rings. The highest BCUT2D eigenvalue weighted by molar-refractivity contribution is 6.40. The zero-order valence-electron chi connectivity index (χ0n) is 18.3. The summed E-state index contributed by atoms with van der Waals surface area (Å²) in [7, 11) is 0. The molecule has 0 saturated carbocycles. The van der Waals surface area contributed by atoms with E-state index < -0.39 is 5.82 Å². The number of aromatic hydroxyl groups is 1. The van der Waals surface area contributed by atoms with Crippen LogP contribution in [0.2, 0.25) is 10.0 Å². The number of aromatic nitrogens is 1. The quantitative estimate of drug-likeness (QED) is 0.521. The largest absolute Gasteiger partial charge is 0.507 e. The molecule has 6 nitrogen and oxygen atoms in total. The molecule has 0 bridgehead atoms. The molecule has 2 aliphatic heterocycles. The minimum absolute atomic E-state index is 0.0367. The van der Waals surface area contributed by atoms with Gasteiger partial charge in [-0.25, -0.2) is 9.37 Å². The summed E-state index contributed by atoms with van der Waals surface area (Å²) >= 11 is 13.0. The van der Waals surface area contributed by atoms with E-state index in [4.69, 9.17) is 23.2 Å². The van der Waals surface area contributed by atoms with Crippen LogP contribution in [-0.2, 0) is 4.79 Å². The predicted octanol–water partition coefficient (Wildman–Crippen LogP) is 5.10. The van der Waals surface area contributed by atoms with Crippen molar-refractivity contribution >= 4 is 40.6 Å². The van der Waals surface area contributed by atoms with Crippen LogP contribution in [0, 0.1) is 5.82 Å². The molecule has 2 aromatic carbocycles. The second-order valence-corrected chi connectivity index (χ2v) is 9.24. The summed E-state index contributed by atoms with van der Waals surface area (Å²) in [5.41, 5.74) is 2.16. The number of hydrogen-bond acceptors (Lipinski definition) is 5. The highest BCUT2D eigenvalue weighted by Crippen LogP contribution is 2.44. The van der Waals surface area contributed by atoms with Crippen molar-refractivity contribution in [2.24, 2.45) is 0 Å². The third kappa shape index (κ3) is 4.31. The number of rotatable bonds is 4. The van der Waals surface area contributed by atoms with Crippen molar-refractivity contribution in [1.82, 2.24) is 10.3 Å². The van der Waals surface area contributed by atoms with Crippen LogP contribution in [0.1, 0.15) is 12.8 Å². The van der Waals surface area contributed by atoms with Crippen LogP contribution in [0.25, 0.3) is 22.3 Å². The van der Waals surface area contributed by atoms with Crippen molar-refractivity contribution in [3.05, 3.63) is 58.5 Å². The first kappa shape index (κ1) is 22.9. The molecular weight excluding hydrogens is 478 g/mol. The first-order chi connectivity index (χ1) is 16.4. The summed E-state index contributed by atoms with van der Waals surface area (Å²) in [6, 6.07) is 9.35. The first-order valence-electron chi connectivity index (χ1n) is 11.2. The summed E-state index contributed by atoms with van der Waals surface area (Å²) < 4.78 is 14.7. The number of carbonyl (C=O) groups is 1. The van der Waals surface area contributed by atoms with Crippen LogP contribution in [-0.4, -0.2) is 48.7 Å². The summed E-state index contributed by atoms with van der Waals surface area (Å²) in [4.78, 5) is 20.4. The highest BCUT2D eigenvalue weighted by atomic mass is 35.5. The highest BCUT2D eigenvalue weighted by Gasteiger charge is 2.27. The van der Waals surface area contributed by atoms with E-state index in [0.29, 0.717) is 35.3 Å². The van der Waals surface area contributed by atoms with Gasteiger partial charge in [-0.05, 0) is 53.9 Å². The Balaban J connectivity index is 1.55. The molecule has 176 valence electrons. The normalized spacial score (nSPS) is 16.4. The predicted molar refractivity (Wildman–Crippen MR) is 133 cm³/mol. The molecule has 0 unspecified atom stereocenters. The number of amides is 1. The van der Waals surface area contributed by atoms with E-state index in [9.17, 15) is 14.3 Å². The van der Waals surface area contributed by atoms with E-state index in [1.807, 2.05) is 6.07 Å². The fraction of sp³-hybridized carbons (Fsp3) is 0.280. The Bertz CT molecular complexity index is 1240. The number of carbonyl (C=O) groups excluding carboxylic acids is 1. The molecule has 9 heteroatoms. The van der Waals surface area contributed by atoms with E-state index in [-0.39, 0.29) is 27.3 Å². The lowest BCUT2D eigenvalue weighted by Gasteiger charge is -2.28. The van der Waals surface area contributed by atoms with Crippen LogP contribution in [0.3, 0.4) is 0 Å². The van der Waals surface area contributed by atoms with Crippen LogP contribution in [0.4, 0.5) is 15.9 Å². The maximum atomic E-state index is 14.7. The Morgan fingerprint density at radius 3 is 2.29 bits per heavy atom. The van der Waals surface area contributed by atoms with Crippen molar-refractivity contribution in [3.63, 3.8) is 0 Å². The third-order valence-electron chi connectivity index (χ3n) is 6.24. The third-order valence-corrected chi connectivity index (χ3v) is 6.82. The summed E-state index contributed by atoms with van der Waals surface area (Å²) in [5, 5.41) is 15.0. The molecular formula is C25H23Cl2FN4O2. The molecule has 0 aliphatic carbocycles. The van der Waals surface area contributed by atoms with Crippen molar-refractivity contribution in [2.75, 3.05) is 42.5 Å². The van der Waals surface area contributed by atoms with Gasteiger partial charge in [0, 0.05) is 56.5 Å². The van der Waals surface area contributed by atoms with E-state index in [1.54, 1.807) is 29.3 Å². The number of phenols is 1. The van der Waals surface area contributed by atoms with E-state index >= 15 is 0 Å². The van der Waals surface area contributed by atoms with Crippen LogP contribution in [0.5, 0.6) is 5.75 Å². The number of anilines is 2. The van der Waals surface area contributed by atoms with Gasteiger partial charge >= 0.3 is 0 Å². The van der Waals surface area contributed by atoms with Gasteiger partial charge in [0.25, 0.3) is 0 Å². The van der Waals surface area contributed by atoms with Gasteiger partial charge in [0.2, 0.25) is 5.91 Å². The molecule has 0 radical (unpaired) electrons. The standard InChI is InChI=1S/C25H23Cl2FN4O2/c26-20-10-16(11-21(27)24(20)32-7-1-2-23(32)33)19-14-17(28)13-18(25(19)34)15-3-4-30-22(12-15)31-8-5-29-6-9-31/h3-4,10-14,29,34H,1-2,5-9H2. The molecule has 1 aromatic heterocycles. The van der Waals surface area contributed by atoms with Crippen molar-refractivity contribution in [1.29, 1.82) is 0 Å². The monoisotopic (exact) mass is 500 g/mol. The van der Waals surface area contributed by atoms with Gasteiger partial charge in [-0.1, -0.05) is 23.2 Å². The Kier molecular flexibility index (Phi) is 6.34. The summed E-state index contributed by atoms with van der Waals surface area (Å²) in [5.74, 6) is 0.144. The summed E-state index contributed by atoms with van der Waals surface area (Å²) in [6.07, 6.45) is 2.85. The Hall–Kier alpha value is -2.87. The minimum atomic E-state index is -0.505. The number of piperazine rings is 1. The Morgan fingerprint density at radius 2 is 1.65 bits per heavy atom. The zero-order chi connectivity index (χ0) is 23.8. The minimum Gasteiger partial charge on any atom is -0.507 e. The molecule has 0 spiro atoms. The summed E-state index contributed by atoms with van der Waals surface area (Å²) in [6.45, 7) is 3.91. The lowest BCUT2D eigenvalue weighted by atomic mass is 9.97. The van der Waals surface area contributed by atoms with Crippen LogP contribution < -0.4 is 15.1 Å². The maximum Gasteiger partial charge on any atom is 0.227 e. The maximum absolute atomic E-state index is 14.7. The number of benzene rings is 2. The number of nitrogens with zero attached hydrogens (tertiary/aromatic N) is 3. The Morgan fingerprint density at radius 1 is 0.971 bits per heavy atom. The van der Waals surface area contributed by atoms with E-state index in [1.165, 1.54) is 12.1 Å². The SMILES string of the molecule is O=C1CCCN1c1c(Cl)cc(-c2cc(F)cc(-c3ccnc(N4CCNCC4)c3)c2O)cc1Cl. The smallest absolute Gasteiger partial charge is 0.227 e. The van der Waals surface area contributed by atoms with Gasteiger partial charge < -0.3 is 20.2 Å². The molecule has 0 atom stereocenters. The van der Waals surface area contributed by atoms with Crippen molar-refractivity contribution in [2.45, 2.75) is 12.8 Å². The van der Waals surface area contributed by atoms with E-state index in [2.05, 4.69) is 15.2 Å². The van der Waals surface area contributed by atoms with Gasteiger partial charge in [-0.15, -0.1) is 0 Å². The van der Waals surface area contributed by atoms with Gasteiger partial charge in [-0.2, -0.15) is 0 Å². The van der Waals surface area contributed by atoms with Crippen molar-refractivity contribution in [3.8, 4) is 28.0 Å². The number of pyridine rings is 1. The molecule has 2 fully saturated rings. The van der Waals surface area contributed by atoms with Gasteiger partial charge in [-0.3, -0.25) is 4.79 Å². The zero-order valence-corrected chi connectivity index (χ0v) is 19.8. The van der Waals surface area contributed by atoms with E-state index in [0.717, 1.165) is 38.4 Å². The first-order valence-corrected chi connectivity index (χ1v) is 11.9. The van der Waals surface area contributed by atoms with Gasteiger partial charge in [0.1, 0.15) is 17.4 Å². The van der Waals surface area contributed by atoms with Gasteiger partial charge in [0.15, 0.2) is 0 Å². The average molecular weight is 501 g/mol. The van der Waals surface area contributed by atoms with Crippen LogP contribution in [0.15, 0.2) is 42.6 Å². The average Bonchev–Trinajstić information content (AvgIpc) is 3.25. The number of phenolic OH excluding ortho intramolecular Hbond substituents is 1. The number of hydrogen-bond donors (Lipinski definition) is 2. The molecule has 5 rings (SSSR count). The Labute approximate surface area is 206 Å². The molecule has 1 amide bonds. The molecule has 2 aliphatic rings. The number of halogens is 3. The molecule has 2 N–H and O–H groups in total. The second-order valence-electron chi connectivity index (χ2n) is 8.43. The van der Waals surface area contributed by atoms with Crippen LogP contribution >= 0.6 is 23.2 Å². The molecule has 3 heterocycles. The van der Waals surface area contributed by atoms with Gasteiger partial charge in [0.05, 0.1) is 15.7 Å². The molecule has 34 heavy (non-hydrogen) atoms. The number of nitrogens with one attached hydrogen (secondary N) is 1. The lowest BCUT2D eigenvalue weighted by Crippen LogP contribution is -2.43. The lowest BCUT2D eigenvalue weighted by molar-refractivity contribution is -0.117.